The molecule has 1 amide bonds. The smallest absolute Gasteiger partial charge is 0.409 e. The molecule has 1 aromatic rings. The number of benzene rings is 1. The second-order valence-corrected chi connectivity index (χ2v) is 3.41. The topological polar surface area (TPSA) is 52.3 Å². The van der Waals surface area contributed by atoms with Crippen LogP contribution in [0.2, 0.25) is 0 Å². The van der Waals surface area contributed by atoms with Crippen molar-refractivity contribution in [3.63, 3.8) is 0 Å². The average Bonchev–Trinajstić information content (AvgIpc) is 2.10. The Kier molecular flexibility index (Phi) is 3.46. The minimum atomic E-state index is -0.917. The Morgan fingerprint density at radius 3 is 2.79 bits per heavy atom. The molecule has 1 aromatic carbocycles. The van der Waals surface area contributed by atoms with Gasteiger partial charge in [-0.3, -0.25) is 0 Å². The molecule has 0 fully saturated rings. The van der Waals surface area contributed by atoms with Crippen molar-refractivity contribution in [2.75, 3.05) is 0 Å². The zero-order valence-corrected chi connectivity index (χ0v) is 9.10. The summed E-state index contributed by atoms with van der Waals surface area (Å²) in [5.74, 6) is -0.105. The number of carbonyl (C=O) groups is 1. The molecule has 0 spiro atoms. The summed E-state index contributed by atoms with van der Waals surface area (Å²) in [6.45, 7) is 1.80. The first-order chi connectivity index (χ1) is 6.56. The zero-order valence-electron chi connectivity index (χ0n) is 7.51. The summed E-state index contributed by atoms with van der Waals surface area (Å²) in [5, 5.41) is 0. The fourth-order valence-corrected chi connectivity index (χ4v) is 1.77. The fourth-order valence-electron chi connectivity index (χ4n) is 1.09. The van der Waals surface area contributed by atoms with E-state index in [1.54, 1.807) is 6.92 Å². The molecule has 0 unspecified atom stereocenters. The van der Waals surface area contributed by atoms with Crippen LogP contribution < -0.4 is 10.5 Å². The third-order valence-electron chi connectivity index (χ3n) is 1.71. The van der Waals surface area contributed by atoms with Crippen LogP contribution in [-0.2, 0) is 6.42 Å². The minimum Gasteiger partial charge on any atom is -0.409 e. The first-order valence-electron chi connectivity index (χ1n) is 4.00. The van der Waals surface area contributed by atoms with Crippen LogP contribution in [0.4, 0.5) is 9.18 Å². The van der Waals surface area contributed by atoms with Gasteiger partial charge in [-0.2, -0.15) is 0 Å². The van der Waals surface area contributed by atoms with E-state index < -0.39 is 6.09 Å². The van der Waals surface area contributed by atoms with Crippen LogP contribution in [0.3, 0.4) is 0 Å². The monoisotopic (exact) mass is 261 g/mol. The number of rotatable bonds is 2. The molecule has 3 nitrogen and oxygen atoms in total. The molecular weight excluding hydrogens is 253 g/mol. The van der Waals surface area contributed by atoms with Gasteiger partial charge in [0, 0.05) is 5.56 Å². The quantitative estimate of drug-likeness (QED) is 0.890. The normalized spacial score (nSPS) is 9.93. The van der Waals surface area contributed by atoms with Gasteiger partial charge in [-0.25, -0.2) is 9.18 Å². The van der Waals surface area contributed by atoms with Crippen LogP contribution in [0.1, 0.15) is 12.5 Å². The van der Waals surface area contributed by atoms with Crippen LogP contribution in [-0.4, -0.2) is 6.09 Å². The van der Waals surface area contributed by atoms with Crippen molar-refractivity contribution in [3.8, 4) is 5.75 Å². The van der Waals surface area contributed by atoms with Gasteiger partial charge in [0.15, 0.2) is 0 Å². The summed E-state index contributed by atoms with van der Waals surface area (Å²) >= 11 is 3.15. The summed E-state index contributed by atoms with van der Waals surface area (Å²) < 4.78 is 18.3. The standard InChI is InChI=1S/C9H9BrFNO2/c1-2-5-6(11)3-4-7(8(5)10)14-9(12)13/h3-4H,2H2,1H3,(H2,12,13). The average molecular weight is 262 g/mol. The zero-order chi connectivity index (χ0) is 10.7. The number of halogens is 2. The van der Waals surface area contributed by atoms with Gasteiger partial charge < -0.3 is 10.5 Å². The number of primary amides is 1. The van der Waals surface area contributed by atoms with Gasteiger partial charge in [0.1, 0.15) is 11.6 Å². The van der Waals surface area contributed by atoms with Crippen molar-refractivity contribution in [2.45, 2.75) is 13.3 Å². The van der Waals surface area contributed by atoms with Crippen molar-refractivity contribution < 1.29 is 13.9 Å². The van der Waals surface area contributed by atoms with Gasteiger partial charge in [-0.1, -0.05) is 6.92 Å². The van der Waals surface area contributed by atoms with Crippen LogP contribution in [0.15, 0.2) is 16.6 Å². The van der Waals surface area contributed by atoms with E-state index in [4.69, 9.17) is 5.73 Å². The van der Waals surface area contributed by atoms with Gasteiger partial charge in [-0.05, 0) is 34.5 Å². The maximum Gasteiger partial charge on any atom is 0.410 e. The van der Waals surface area contributed by atoms with Crippen molar-refractivity contribution in [3.05, 3.63) is 28.0 Å². The van der Waals surface area contributed by atoms with E-state index in [1.807, 2.05) is 0 Å². The van der Waals surface area contributed by atoms with E-state index in [2.05, 4.69) is 20.7 Å². The Hall–Kier alpha value is -1.10. The molecule has 0 aromatic heterocycles. The summed E-state index contributed by atoms with van der Waals surface area (Å²) in [6.07, 6.45) is -0.415. The van der Waals surface area contributed by atoms with E-state index >= 15 is 0 Å². The number of ether oxygens (including phenoxy) is 1. The van der Waals surface area contributed by atoms with Gasteiger partial charge in [0.2, 0.25) is 0 Å². The van der Waals surface area contributed by atoms with Crippen LogP contribution in [0, 0.1) is 5.82 Å². The molecule has 0 radical (unpaired) electrons. The summed E-state index contributed by atoms with van der Waals surface area (Å²) in [7, 11) is 0. The lowest BCUT2D eigenvalue weighted by Crippen LogP contribution is -2.16. The second-order valence-electron chi connectivity index (χ2n) is 2.61. The molecule has 76 valence electrons. The molecule has 0 saturated carbocycles. The van der Waals surface area contributed by atoms with Crippen molar-refractivity contribution in [2.24, 2.45) is 5.73 Å². The molecule has 5 heteroatoms. The predicted octanol–water partition coefficient (Wildman–Crippen LogP) is 2.61. The molecule has 0 heterocycles. The SMILES string of the molecule is CCc1c(F)ccc(OC(N)=O)c1Br. The number of hydrogen-bond donors (Lipinski definition) is 1. The molecule has 14 heavy (non-hydrogen) atoms. The second kappa shape index (κ2) is 4.41. The van der Waals surface area contributed by atoms with Crippen LogP contribution >= 0.6 is 15.9 Å². The predicted molar refractivity (Wildman–Crippen MR) is 53.7 cm³/mol. The van der Waals surface area contributed by atoms with Gasteiger partial charge >= 0.3 is 6.09 Å². The van der Waals surface area contributed by atoms with Gasteiger partial charge in [-0.15, -0.1) is 0 Å². The number of amides is 1. The molecule has 0 aliphatic rings. The molecule has 0 atom stereocenters. The molecule has 1 rings (SSSR count). The number of carbonyl (C=O) groups excluding carboxylic acids is 1. The molecule has 0 bridgehead atoms. The molecule has 0 aliphatic heterocycles. The Labute approximate surface area is 89.2 Å². The van der Waals surface area contributed by atoms with E-state index in [1.165, 1.54) is 12.1 Å². The fraction of sp³-hybridized carbons (Fsp3) is 0.222. The maximum absolute atomic E-state index is 13.2. The van der Waals surface area contributed by atoms with Crippen LogP contribution in [0.5, 0.6) is 5.75 Å². The van der Waals surface area contributed by atoms with E-state index in [0.717, 1.165) is 0 Å². The number of hydrogen-bond acceptors (Lipinski definition) is 2. The summed E-state index contributed by atoms with van der Waals surface area (Å²) in [4.78, 5) is 10.5. The molecular formula is C9H9BrFNO2. The van der Waals surface area contributed by atoms with Crippen molar-refractivity contribution >= 4 is 22.0 Å². The maximum atomic E-state index is 13.2. The third kappa shape index (κ3) is 2.23. The highest BCUT2D eigenvalue weighted by molar-refractivity contribution is 9.10. The minimum absolute atomic E-state index is 0.232. The highest BCUT2D eigenvalue weighted by Gasteiger charge is 2.12. The Morgan fingerprint density at radius 1 is 1.64 bits per heavy atom. The Balaban J connectivity index is 3.14. The molecule has 2 N–H and O–H groups in total. The van der Waals surface area contributed by atoms with Crippen molar-refractivity contribution in [1.29, 1.82) is 0 Å². The first kappa shape index (κ1) is 11.0. The third-order valence-corrected chi connectivity index (χ3v) is 2.58. The highest BCUT2D eigenvalue weighted by atomic mass is 79.9. The Morgan fingerprint density at radius 2 is 2.29 bits per heavy atom. The van der Waals surface area contributed by atoms with E-state index in [0.29, 0.717) is 16.5 Å². The van der Waals surface area contributed by atoms with E-state index in [-0.39, 0.29) is 11.6 Å². The molecule has 0 saturated heterocycles. The van der Waals surface area contributed by atoms with Gasteiger partial charge in [0.25, 0.3) is 0 Å². The summed E-state index contributed by atoms with van der Waals surface area (Å²) in [6, 6.07) is 2.59. The van der Waals surface area contributed by atoms with Gasteiger partial charge in [0.05, 0.1) is 4.47 Å². The summed E-state index contributed by atoms with van der Waals surface area (Å²) in [5.41, 5.74) is 5.31. The largest absolute Gasteiger partial charge is 0.410 e. The number of nitrogens with two attached hydrogens (primary N) is 1. The molecule has 0 aliphatic carbocycles. The Bertz CT molecular complexity index is 368. The van der Waals surface area contributed by atoms with E-state index in [9.17, 15) is 9.18 Å². The van der Waals surface area contributed by atoms with Crippen LogP contribution in [0.25, 0.3) is 0 Å². The van der Waals surface area contributed by atoms with Crippen molar-refractivity contribution in [1.82, 2.24) is 0 Å². The lowest BCUT2D eigenvalue weighted by molar-refractivity contribution is 0.210. The lowest BCUT2D eigenvalue weighted by Gasteiger charge is -2.08. The first-order valence-corrected chi connectivity index (χ1v) is 4.79. The lowest BCUT2D eigenvalue weighted by atomic mass is 10.1. The highest BCUT2D eigenvalue weighted by Crippen LogP contribution is 2.30.